The lowest BCUT2D eigenvalue weighted by Gasteiger charge is -2.27. The number of aromatic amines is 1. The van der Waals surface area contributed by atoms with Gasteiger partial charge in [0.05, 0.1) is 25.6 Å². The van der Waals surface area contributed by atoms with Gasteiger partial charge >= 0.3 is 12.4 Å². The molecule has 5 heterocycles. The van der Waals surface area contributed by atoms with Crippen molar-refractivity contribution in [1.82, 2.24) is 29.1 Å². The van der Waals surface area contributed by atoms with Crippen LogP contribution in [0.15, 0.2) is 34.5 Å². The Morgan fingerprint density at radius 1 is 1.23 bits per heavy atom. The lowest BCUT2D eigenvalue weighted by Crippen LogP contribution is -2.40. The summed E-state index contributed by atoms with van der Waals surface area (Å²) in [6, 6.07) is 1.12. The minimum absolute atomic E-state index is 0.170. The quantitative estimate of drug-likeness (QED) is 0.173. The predicted molar refractivity (Wildman–Crippen MR) is 135 cm³/mol. The Labute approximate surface area is 224 Å². The Kier molecular flexibility index (Phi) is 7.93. The molecule has 2 aliphatic rings. The van der Waals surface area contributed by atoms with Crippen LogP contribution in [0.4, 0.5) is 5.82 Å². The standard InChI is InChI=1S/C20H26N7O10PS/c1-33-16-15(10(5-28)36-19(16)26-3-2-12(30)25-20(26)31)37-38(32,39)34-6-11-9(29)4-13(35-11)27-8-24-14-17(21)22-7-23-18(14)27/h2-3,7-11,13,15-16,19,28-29H,4-6H2,1H3,(H,32,39)(H2,21,22,23)(H,25,30,31)/t9-,10?,11?,13-,15+,16+,19-,38?/m1/s1. The number of nitrogen functional groups attached to an aromatic ring is 1. The maximum Gasteiger partial charge on any atom is 0.330 e. The number of nitrogens with one attached hydrogen (secondary N) is 1. The van der Waals surface area contributed by atoms with E-state index in [0.29, 0.717) is 11.2 Å². The van der Waals surface area contributed by atoms with Crippen LogP contribution in [0, 0.1) is 0 Å². The monoisotopic (exact) mass is 587 g/mol. The number of fused-ring (bicyclic) bond motifs is 1. The fourth-order valence-electron chi connectivity index (χ4n) is 4.55. The molecule has 6 N–H and O–H groups in total. The zero-order chi connectivity index (χ0) is 27.9. The molecule has 5 rings (SSSR count). The highest BCUT2D eigenvalue weighted by atomic mass is 32.5. The Hall–Kier alpha value is -2.64. The van der Waals surface area contributed by atoms with Gasteiger partial charge in [-0.2, -0.15) is 0 Å². The third-order valence-corrected chi connectivity index (χ3v) is 7.98. The zero-order valence-electron chi connectivity index (χ0n) is 20.3. The molecule has 0 radical (unpaired) electrons. The number of nitrogens with zero attached hydrogens (tertiary/aromatic N) is 5. The molecule has 3 unspecified atom stereocenters. The van der Waals surface area contributed by atoms with E-state index in [1.54, 1.807) is 4.57 Å². The predicted octanol–water partition coefficient (Wildman–Crippen LogP) is -1.87. The summed E-state index contributed by atoms with van der Waals surface area (Å²) in [5.74, 6) is 0.203. The Morgan fingerprint density at radius 2 is 2.03 bits per heavy atom. The van der Waals surface area contributed by atoms with Crippen molar-refractivity contribution in [3.8, 4) is 0 Å². The van der Waals surface area contributed by atoms with E-state index in [0.717, 1.165) is 10.6 Å². The van der Waals surface area contributed by atoms with Gasteiger partial charge in [-0.05, 0) is 11.8 Å². The first-order valence-corrected chi connectivity index (χ1v) is 14.2. The number of methoxy groups -OCH3 is 1. The number of nitrogens with two attached hydrogens (primary N) is 1. The fourth-order valence-corrected chi connectivity index (χ4v) is 5.99. The molecule has 8 atom stereocenters. The van der Waals surface area contributed by atoms with Gasteiger partial charge in [0, 0.05) is 25.8 Å². The molecular formula is C20H26N7O10PS. The normalized spacial score (nSPS) is 30.6. The Morgan fingerprint density at radius 3 is 2.74 bits per heavy atom. The molecule has 2 saturated heterocycles. The van der Waals surface area contributed by atoms with Crippen molar-refractivity contribution >= 4 is 35.5 Å². The molecule has 0 aromatic carbocycles. The van der Waals surface area contributed by atoms with E-state index in [4.69, 9.17) is 40.8 Å². The van der Waals surface area contributed by atoms with Gasteiger partial charge in [0.25, 0.3) is 5.56 Å². The SMILES string of the molecule is CO[C@@H]1[C@H](n2ccc(=O)[nH]c2=O)OC(CO)[C@@H]1OP(O)(=S)OCC1O[C@@H](n2cnc3c(N)ncnc32)C[C@H]1O. The van der Waals surface area contributed by atoms with Crippen LogP contribution in [-0.4, -0.2) is 95.0 Å². The van der Waals surface area contributed by atoms with Crippen LogP contribution in [0.5, 0.6) is 0 Å². The summed E-state index contributed by atoms with van der Waals surface area (Å²) in [6.45, 7) is -4.90. The lowest BCUT2D eigenvalue weighted by molar-refractivity contribution is -0.0625. The summed E-state index contributed by atoms with van der Waals surface area (Å²) in [5, 5.41) is 20.4. The van der Waals surface area contributed by atoms with Gasteiger partial charge in [0.1, 0.15) is 42.5 Å². The lowest BCUT2D eigenvalue weighted by atomic mass is 10.1. The maximum absolute atomic E-state index is 12.3. The van der Waals surface area contributed by atoms with Crippen LogP contribution in [0.2, 0.25) is 0 Å². The van der Waals surface area contributed by atoms with E-state index >= 15 is 0 Å². The van der Waals surface area contributed by atoms with Crippen molar-refractivity contribution in [2.24, 2.45) is 0 Å². The van der Waals surface area contributed by atoms with E-state index in [9.17, 15) is 24.7 Å². The van der Waals surface area contributed by atoms with Crippen LogP contribution < -0.4 is 17.0 Å². The van der Waals surface area contributed by atoms with Crippen molar-refractivity contribution in [3.63, 3.8) is 0 Å². The largest absolute Gasteiger partial charge is 0.394 e. The van der Waals surface area contributed by atoms with Crippen LogP contribution >= 0.6 is 6.72 Å². The number of aromatic nitrogens is 6. The second-order valence-corrected chi connectivity index (χ2v) is 11.6. The average Bonchev–Trinajstić information content (AvgIpc) is 3.58. The number of imidazole rings is 1. The summed E-state index contributed by atoms with van der Waals surface area (Å²) in [5.41, 5.74) is 5.27. The Bertz CT molecular complexity index is 1500. The number of hydrogen-bond acceptors (Lipinski definition) is 14. The first-order valence-electron chi connectivity index (χ1n) is 11.6. The summed E-state index contributed by atoms with van der Waals surface area (Å²) in [6.07, 6.45) is -2.72. The van der Waals surface area contributed by atoms with Crippen molar-refractivity contribution < 1.29 is 38.4 Å². The number of anilines is 1. The molecule has 17 nitrogen and oxygen atoms in total. The Balaban J connectivity index is 1.26. The highest BCUT2D eigenvalue weighted by molar-refractivity contribution is 8.07. The average molecular weight is 588 g/mol. The van der Waals surface area contributed by atoms with Gasteiger partial charge in [-0.3, -0.25) is 23.4 Å². The van der Waals surface area contributed by atoms with Crippen LogP contribution in [0.3, 0.4) is 0 Å². The number of H-pyrrole nitrogens is 1. The maximum atomic E-state index is 12.3. The molecule has 0 spiro atoms. The molecule has 3 aromatic heterocycles. The van der Waals surface area contributed by atoms with Gasteiger partial charge in [-0.1, -0.05) is 0 Å². The summed E-state index contributed by atoms with van der Waals surface area (Å²) in [4.78, 5) is 48.9. The molecule has 212 valence electrons. The van der Waals surface area contributed by atoms with E-state index in [-0.39, 0.29) is 18.8 Å². The molecule has 0 aliphatic carbocycles. The molecule has 3 aromatic rings. The smallest absolute Gasteiger partial charge is 0.330 e. The molecule has 0 saturated carbocycles. The van der Waals surface area contributed by atoms with E-state index < -0.39 is 67.6 Å². The second-order valence-electron chi connectivity index (χ2n) is 8.81. The third kappa shape index (κ3) is 5.53. The van der Waals surface area contributed by atoms with Gasteiger partial charge in [0.15, 0.2) is 17.7 Å². The topological polar surface area (TPSA) is 231 Å². The van der Waals surface area contributed by atoms with Crippen molar-refractivity contribution in [2.45, 2.75) is 49.4 Å². The van der Waals surface area contributed by atoms with E-state index in [1.807, 2.05) is 0 Å². The highest BCUT2D eigenvalue weighted by Crippen LogP contribution is 2.49. The minimum atomic E-state index is -4.02. The van der Waals surface area contributed by atoms with Crippen LogP contribution in [-0.2, 0) is 35.1 Å². The number of ether oxygens (including phenoxy) is 3. The number of rotatable bonds is 9. The van der Waals surface area contributed by atoms with Crippen molar-refractivity contribution in [3.05, 3.63) is 45.8 Å². The third-order valence-electron chi connectivity index (χ3n) is 6.42. The molecule has 19 heteroatoms. The zero-order valence-corrected chi connectivity index (χ0v) is 22.1. The minimum Gasteiger partial charge on any atom is -0.394 e. The summed E-state index contributed by atoms with van der Waals surface area (Å²) in [7, 11) is 1.32. The van der Waals surface area contributed by atoms with E-state index in [2.05, 4.69) is 19.9 Å². The van der Waals surface area contributed by atoms with Gasteiger partial charge in [0.2, 0.25) is 0 Å². The molecule has 2 fully saturated rings. The molecule has 0 amide bonds. The fraction of sp³-hybridized carbons (Fsp3) is 0.550. The molecular weight excluding hydrogens is 561 g/mol. The molecule has 2 aliphatic heterocycles. The molecule has 39 heavy (non-hydrogen) atoms. The summed E-state index contributed by atoms with van der Waals surface area (Å²) < 4.78 is 30.9. The van der Waals surface area contributed by atoms with Crippen molar-refractivity contribution in [2.75, 3.05) is 26.1 Å². The van der Waals surface area contributed by atoms with Crippen LogP contribution in [0.1, 0.15) is 18.9 Å². The van der Waals surface area contributed by atoms with Gasteiger partial charge in [-0.15, -0.1) is 0 Å². The number of aliphatic hydroxyl groups is 2. The number of hydrogen-bond donors (Lipinski definition) is 5. The van der Waals surface area contributed by atoms with Crippen molar-refractivity contribution in [1.29, 1.82) is 0 Å². The van der Waals surface area contributed by atoms with E-state index in [1.165, 1.54) is 26.0 Å². The summed E-state index contributed by atoms with van der Waals surface area (Å²) >= 11 is 5.17. The molecule has 0 bridgehead atoms. The second kappa shape index (κ2) is 11.1. The first-order chi connectivity index (χ1) is 18.6. The van der Waals surface area contributed by atoms with Gasteiger partial charge in [-0.25, -0.2) is 19.7 Å². The number of aliphatic hydroxyl groups excluding tert-OH is 2. The first kappa shape index (κ1) is 27.9. The van der Waals surface area contributed by atoms with Crippen LogP contribution in [0.25, 0.3) is 11.2 Å². The van der Waals surface area contributed by atoms with Gasteiger partial charge < -0.3 is 39.6 Å². The highest BCUT2D eigenvalue weighted by Gasteiger charge is 2.49.